The van der Waals surface area contributed by atoms with Gasteiger partial charge in [-0.3, -0.25) is 9.59 Å². The molecular formula is C15H25O3. The van der Waals surface area contributed by atoms with Crippen molar-refractivity contribution in [1.82, 2.24) is 0 Å². The first-order valence-corrected chi connectivity index (χ1v) is 7.33. The van der Waals surface area contributed by atoms with Crippen LogP contribution in [0.4, 0.5) is 0 Å². The quantitative estimate of drug-likeness (QED) is 0.537. The van der Waals surface area contributed by atoms with Gasteiger partial charge in [0, 0.05) is 12.3 Å². The number of ether oxygens (including phenoxy) is 1. The standard InChI is InChI=1S/C15H25O3/c1-2-3-4-9-15(17)18-14-8-6-5-7-13(12-16)10-11-14/h13-14H,2-11H2,1H3. The minimum absolute atomic E-state index is 0.0234. The lowest BCUT2D eigenvalue weighted by Gasteiger charge is -2.22. The Morgan fingerprint density at radius 3 is 2.67 bits per heavy atom. The Kier molecular flexibility index (Phi) is 7.70. The molecule has 3 nitrogen and oxygen atoms in total. The SMILES string of the molecule is CCCCCC(=O)OC1CCCCC([C]=O)CC1. The fourth-order valence-corrected chi connectivity index (χ4v) is 2.44. The summed E-state index contributed by atoms with van der Waals surface area (Å²) in [6.07, 6.45) is 11.4. The first-order valence-electron chi connectivity index (χ1n) is 7.33. The molecule has 1 aliphatic rings. The van der Waals surface area contributed by atoms with E-state index >= 15 is 0 Å². The van der Waals surface area contributed by atoms with Crippen molar-refractivity contribution in [1.29, 1.82) is 0 Å². The van der Waals surface area contributed by atoms with Crippen molar-refractivity contribution in [3.63, 3.8) is 0 Å². The predicted molar refractivity (Wildman–Crippen MR) is 70.9 cm³/mol. The zero-order chi connectivity index (χ0) is 13.2. The van der Waals surface area contributed by atoms with Crippen molar-refractivity contribution >= 4 is 12.3 Å². The van der Waals surface area contributed by atoms with E-state index in [2.05, 4.69) is 13.2 Å². The van der Waals surface area contributed by atoms with Gasteiger partial charge in [-0.2, -0.15) is 0 Å². The van der Waals surface area contributed by atoms with Gasteiger partial charge in [0.25, 0.3) is 0 Å². The molecule has 0 N–H and O–H groups in total. The molecule has 1 aliphatic carbocycles. The molecule has 3 heteroatoms. The van der Waals surface area contributed by atoms with Crippen molar-refractivity contribution in [2.24, 2.45) is 5.92 Å². The van der Waals surface area contributed by atoms with Crippen LogP contribution >= 0.6 is 0 Å². The van der Waals surface area contributed by atoms with Gasteiger partial charge in [0.15, 0.2) is 0 Å². The molecule has 0 aromatic rings. The second-order valence-electron chi connectivity index (χ2n) is 5.25. The largest absolute Gasteiger partial charge is 0.462 e. The fraction of sp³-hybridized carbons (Fsp3) is 0.867. The molecule has 0 aliphatic heterocycles. The van der Waals surface area contributed by atoms with Crippen LogP contribution in [-0.2, 0) is 14.3 Å². The number of hydrogen-bond donors (Lipinski definition) is 0. The van der Waals surface area contributed by atoms with Gasteiger partial charge in [0.1, 0.15) is 6.10 Å². The fourth-order valence-electron chi connectivity index (χ4n) is 2.44. The molecule has 1 saturated carbocycles. The Hall–Kier alpha value is -0.860. The number of unbranched alkanes of at least 4 members (excludes halogenated alkanes) is 2. The molecule has 2 atom stereocenters. The van der Waals surface area contributed by atoms with Crippen molar-refractivity contribution in [2.75, 3.05) is 0 Å². The van der Waals surface area contributed by atoms with Crippen LogP contribution in [0.1, 0.15) is 71.1 Å². The molecule has 1 rings (SSSR count). The average Bonchev–Trinajstić information content (AvgIpc) is 2.33. The highest BCUT2D eigenvalue weighted by molar-refractivity contribution is 5.69. The normalized spacial score (nSPS) is 24.9. The summed E-state index contributed by atoms with van der Waals surface area (Å²) in [6, 6.07) is 0. The number of carbonyl (C=O) groups is 1. The second-order valence-corrected chi connectivity index (χ2v) is 5.25. The first kappa shape index (κ1) is 15.2. The molecular weight excluding hydrogens is 228 g/mol. The van der Waals surface area contributed by atoms with E-state index in [-0.39, 0.29) is 18.0 Å². The molecule has 0 bridgehead atoms. The lowest BCUT2D eigenvalue weighted by atomic mass is 9.91. The molecule has 0 amide bonds. The Bertz CT molecular complexity index is 250. The molecule has 18 heavy (non-hydrogen) atoms. The molecule has 0 aromatic heterocycles. The van der Waals surface area contributed by atoms with Gasteiger partial charge in [0.05, 0.1) is 0 Å². The Morgan fingerprint density at radius 2 is 1.94 bits per heavy atom. The van der Waals surface area contributed by atoms with Crippen LogP contribution in [0.2, 0.25) is 0 Å². The smallest absolute Gasteiger partial charge is 0.306 e. The summed E-state index contributed by atoms with van der Waals surface area (Å²) >= 11 is 0. The summed E-state index contributed by atoms with van der Waals surface area (Å²) in [5.74, 6) is -0.0211. The predicted octanol–water partition coefficient (Wildman–Crippen LogP) is 3.56. The summed E-state index contributed by atoms with van der Waals surface area (Å²) in [5.41, 5.74) is 0. The maximum absolute atomic E-state index is 11.6. The van der Waals surface area contributed by atoms with Gasteiger partial charge >= 0.3 is 5.97 Å². The van der Waals surface area contributed by atoms with Crippen molar-refractivity contribution < 1.29 is 14.3 Å². The first-order chi connectivity index (χ1) is 8.76. The van der Waals surface area contributed by atoms with E-state index in [1.807, 2.05) is 0 Å². The van der Waals surface area contributed by atoms with E-state index in [0.717, 1.165) is 57.8 Å². The maximum Gasteiger partial charge on any atom is 0.306 e. The number of carbonyl (C=O) groups excluding carboxylic acids is 2. The van der Waals surface area contributed by atoms with E-state index in [0.29, 0.717) is 6.42 Å². The summed E-state index contributed by atoms with van der Waals surface area (Å²) in [5, 5.41) is 0. The number of rotatable bonds is 6. The molecule has 1 fully saturated rings. The molecule has 103 valence electrons. The van der Waals surface area contributed by atoms with Gasteiger partial charge in [-0.1, -0.05) is 26.2 Å². The van der Waals surface area contributed by atoms with E-state index in [4.69, 9.17) is 4.74 Å². The monoisotopic (exact) mass is 253 g/mol. The third-order valence-corrected chi connectivity index (χ3v) is 3.62. The molecule has 1 radical (unpaired) electrons. The third kappa shape index (κ3) is 6.18. The third-order valence-electron chi connectivity index (χ3n) is 3.62. The Labute approximate surface area is 110 Å². The maximum atomic E-state index is 11.6. The molecule has 2 unspecified atom stereocenters. The van der Waals surface area contributed by atoms with Gasteiger partial charge < -0.3 is 4.74 Å². The van der Waals surface area contributed by atoms with E-state index < -0.39 is 0 Å². The Morgan fingerprint density at radius 1 is 1.17 bits per heavy atom. The summed E-state index contributed by atoms with van der Waals surface area (Å²) in [4.78, 5) is 22.3. The highest BCUT2D eigenvalue weighted by atomic mass is 16.5. The van der Waals surface area contributed by atoms with Gasteiger partial charge in [-0.15, -0.1) is 0 Å². The topological polar surface area (TPSA) is 43.4 Å². The zero-order valence-electron chi connectivity index (χ0n) is 11.5. The minimum atomic E-state index is -0.0688. The van der Waals surface area contributed by atoms with Gasteiger partial charge in [0.2, 0.25) is 6.29 Å². The minimum Gasteiger partial charge on any atom is -0.462 e. The summed E-state index contributed by atoms with van der Waals surface area (Å²) in [6.45, 7) is 2.12. The second kappa shape index (κ2) is 9.12. The lowest BCUT2D eigenvalue weighted by Crippen LogP contribution is -2.21. The van der Waals surface area contributed by atoms with Crippen LogP contribution < -0.4 is 0 Å². The highest BCUT2D eigenvalue weighted by Crippen LogP contribution is 2.23. The van der Waals surface area contributed by atoms with E-state index in [1.54, 1.807) is 0 Å². The number of hydrogen-bond acceptors (Lipinski definition) is 3. The van der Waals surface area contributed by atoms with Crippen molar-refractivity contribution in [3.05, 3.63) is 0 Å². The van der Waals surface area contributed by atoms with Gasteiger partial charge in [-0.05, 0) is 38.5 Å². The van der Waals surface area contributed by atoms with Crippen molar-refractivity contribution in [3.8, 4) is 0 Å². The van der Waals surface area contributed by atoms with Crippen molar-refractivity contribution in [2.45, 2.75) is 77.2 Å². The summed E-state index contributed by atoms with van der Waals surface area (Å²) < 4.78 is 5.50. The van der Waals surface area contributed by atoms with Crippen LogP contribution in [0, 0.1) is 5.92 Å². The van der Waals surface area contributed by atoms with Crippen LogP contribution in [0.25, 0.3) is 0 Å². The molecule has 0 spiro atoms. The highest BCUT2D eigenvalue weighted by Gasteiger charge is 2.20. The lowest BCUT2D eigenvalue weighted by molar-refractivity contribution is -0.150. The summed E-state index contributed by atoms with van der Waals surface area (Å²) in [7, 11) is 0. The van der Waals surface area contributed by atoms with Crippen LogP contribution in [-0.4, -0.2) is 18.4 Å². The van der Waals surface area contributed by atoms with Crippen LogP contribution in [0.5, 0.6) is 0 Å². The number of esters is 1. The van der Waals surface area contributed by atoms with Gasteiger partial charge in [-0.25, -0.2) is 0 Å². The average molecular weight is 253 g/mol. The van der Waals surface area contributed by atoms with Crippen LogP contribution in [0.3, 0.4) is 0 Å². The molecule has 0 saturated heterocycles. The van der Waals surface area contributed by atoms with E-state index in [9.17, 15) is 9.59 Å². The Balaban J connectivity index is 2.26. The van der Waals surface area contributed by atoms with E-state index in [1.165, 1.54) is 0 Å². The molecule has 0 aromatic carbocycles. The molecule has 0 heterocycles. The zero-order valence-corrected chi connectivity index (χ0v) is 11.5. The van der Waals surface area contributed by atoms with Crippen LogP contribution in [0.15, 0.2) is 0 Å².